The molecule has 2 N–H and O–H groups in total. The molecule has 6 nitrogen and oxygen atoms in total. The Labute approximate surface area is 144 Å². The molecular formula is C17H18ClN3O3. The van der Waals surface area contributed by atoms with E-state index < -0.39 is 11.6 Å². The van der Waals surface area contributed by atoms with Gasteiger partial charge in [0.25, 0.3) is 5.91 Å². The lowest BCUT2D eigenvalue weighted by Crippen LogP contribution is -2.56. The summed E-state index contributed by atoms with van der Waals surface area (Å²) in [5.74, 6) is 0.105. The SMILES string of the molecule is O=C1NC(=O)C2(CCN(C(=O)[C@H]3C[C@@H]3c3cccc(Cl)c3)CC2)N1. The van der Waals surface area contributed by atoms with E-state index >= 15 is 0 Å². The maximum absolute atomic E-state index is 12.7. The number of amides is 4. The molecule has 0 radical (unpaired) electrons. The molecule has 1 aromatic carbocycles. The Balaban J connectivity index is 1.38. The number of carbonyl (C=O) groups excluding carboxylic acids is 3. The van der Waals surface area contributed by atoms with E-state index in [1.165, 1.54) is 0 Å². The third-order valence-corrected chi connectivity index (χ3v) is 5.56. The van der Waals surface area contributed by atoms with Gasteiger partial charge in [0.1, 0.15) is 5.54 Å². The number of imide groups is 1. The maximum atomic E-state index is 12.7. The highest BCUT2D eigenvalue weighted by Crippen LogP contribution is 2.49. The van der Waals surface area contributed by atoms with Crippen LogP contribution in [0.25, 0.3) is 0 Å². The van der Waals surface area contributed by atoms with Crippen LogP contribution < -0.4 is 10.6 Å². The van der Waals surface area contributed by atoms with Gasteiger partial charge in [0.05, 0.1) is 0 Å². The van der Waals surface area contributed by atoms with Gasteiger partial charge in [0.15, 0.2) is 0 Å². The number of nitrogens with one attached hydrogen (secondary N) is 2. The summed E-state index contributed by atoms with van der Waals surface area (Å²) in [5.41, 5.74) is 0.279. The highest BCUT2D eigenvalue weighted by Gasteiger charge is 2.51. The van der Waals surface area contributed by atoms with Crippen LogP contribution >= 0.6 is 11.6 Å². The van der Waals surface area contributed by atoms with Gasteiger partial charge >= 0.3 is 6.03 Å². The van der Waals surface area contributed by atoms with Gasteiger partial charge in [-0.1, -0.05) is 23.7 Å². The molecule has 24 heavy (non-hydrogen) atoms. The Morgan fingerprint density at radius 2 is 2.00 bits per heavy atom. The molecule has 1 aromatic rings. The van der Waals surface area contributed by atoms with E-state index in [2.05, 4.69) is 10.6 Å². The minimum Gasteiger partial charge on any atom is -0.342 e. The van der Waals surface area contributed by atoms with Crippen molar-refractivity contribution in [2.24, 2.45) is 5.92 Å². The summed E-state index contributed by atoms with van der Waals surface area (Å²) in [6.45, 7) is 0.983. The first kappa shape index (κ1) is 15.4. The van der Waals surface area contributed by atoms with Crippen LogP contribution in [0, 0.1) is 5.92 Å². The van der Waals surface area contributed by atoms with Gasteiger partial charge < -0.3 is 10.2 Å². The fourth-order valence-electron chi connectivity index (χ4n) is 3.80. The van der Waals surface area contributed by atoms with Crippen molar-refractivity contribution in [2.45, 2.75) is 30.7 Å². The Hall–Kier alpha value is -2.08. The fraction of sp³-hybridized carbons (Fsp3) is 0.471. The first-order valence-electron chi connectivity index (χ1n) is 8.16. The first-order valence-corrected chi connectivity index (χ1v) is 8.54. The van der Waals surface area contributed by atoms with E-state index in [-0.39, 0.29) is 23.7 Å². The molecule has 0 bridgehead atoms. The molecule has 3 aliphatic rings. The van der Waals surface area contributed by atoms with Crippen molar-refractivity contribution in [3.8, 4) is 0 Å². The van der Waals surface area contributed by atoms with Crippen molar-refractivity contribution in [1.82, 2.24) is 15.5 Å². The average molecular weight is 348 g/mol. The molecule has 1 aliphatic carbocycles. The lowest BCUT2D eigenvalue weighted by atomic mass is 9.87. The molecule has 0 aromatic heterocycles. The van der Waals surface area contributed by atoms with E-state index in [1.54, 1.807) is 0 Å². The molecule has 126 valence electrons. The second-order valence-corrected chi connectivity index (χ2v) is 7.26. The number of piperidine rings is 1. The Kier molecular flexibility index (Phi) is 3.53. The van der Waals surface area contributed by atoms with Crippen LogP contribution in [0.15, 0.2) is 24.3 Å². The lowest BCUT2D eigenvalue weighted by molar-refractivity contribution is -0.137. The van der Waals surface area contributed by atoms with Crippen LogP contribution in [0.4, 0.5) is 4.79 Å². The predicted octanol–water partition coefficient (Wildman–Crippen LogP) is 1.64. The topological polar surface area (TPSA) is 78.5 Å². The molecular weight excluding hydrogens is 330 g/mol. The highest BCUT2D eigenvalue weighted by molar-refractivity contribution is 6.30. The Morgan fingerprint density at radius 1 is 1.25 bits per heavy atom. The van der Waals surface area contributed by atoms with E-state index in [9.17, 15) is 14.4 Å². The summed E-state index contributed by atoms with van der Waals surface area (Å²) in [6.07, 6.45) is 1.77. The minimum atomic E-state index is -0.830. The highest BCUT2D eigenvalue weighted by atomic mass is 35.5. The Bertz CT molecular complexity index is 728. The molecule has 4 amide bonds. The largest absolute Gasteiger partial charge is 0.342 e. The summed E-state index contributed by atoms with van der Waals surface area (Å²) >= 11 is 6.02. The van der Waals surface area contributed by atoms with Crippen molar-refractivity contribution in [3.05, 3.63) is 34.9 Å². The maximum Gasteiger partial charge on any atom is 0.322 e. The van der Waals surface area contributed by atoms with Crippen molar-refractivity contribution < 1.29 is 14.4 Å². The number of hydrogen-bond donors (Lipinski definition) is 2. The number of carbonyl (C=O) groups is 3. The van der Waals surface area contributed by atoms with E-state index in [0.717, 1.165) is 12.0 Å². The van der Waals surface area contributed by atoms with E-state index in [0.29, 0.717) is 31.0 Å². The van der Waals surface area contributed by atoms with E-state index in [4.69, 9.17) is 11.6 Å². The second kappa shape index (κ2) is 5.48. The number of nitrogens with zero attached hydrogens (tertiary/aromatic N) is 1. The first-order chi connectivity index (χ1) is 11.5. The minimum absolute atomic E-state index is 0.00418. The smallest absolute Gasteiger partial charge is 0.322 e. The molecule has 1 saturated carbocycles. The molecule has 2 saturated heterocycles. The zero-order valence-electron chi connectivity index (χ0n) is 13.0. The third kappa shape index (κ3) is 2.55. The van der Waals surface area contributed by atoms with Crippen LogP contribution in [0.5, 0.6) is 0 Å². The third-order valence-electron chi connectivity index (χ3n) is 5.33. The van der Waals surface area contributed by atoms with Gasteiger partial charge in [0.2, 0.25) is 5.91 Å². The molecule has 0 unspecified atom stereocenters. The summed E-state index contributed by atoms with van der Waals surface area (Å²) in [5, 5.41) is 5.69. The molecule has 3 fully saturated rings. The van der Waals surface area contributed by atoms with Gasteiger partial charge in [0, 0.05) is 24.0 Å². The standard InChI is InChI=1S/C17H18ClN3O3/c18-11-3-1-2-10(8-11)12-9-13(12)14(22)21-6-4-17(5-7-21)15(23)19-16(24)20-17/h1-3,8,12-13H,4-7,9H2,(H2,19,20,23,24)/t12-,13+/m1/s1. The van der Waals surface area contributed by atoms with Crippen LogP contribution in [0.3, 0.4) is 0 Å². The zero-order valence-corrected chi connectivity index (χ0v) is 13.8. The van der Waals surface area contributed by atoms with E-state index in [1.807, 2.05) is 29.2 Å². The molecule has 2 atom stereocenters. The number of rotatable bonds is 2. The number of likely N-dealkylation sites (tertiary alicyclic amines) is 1. The zero-order chi connectivity index (χ0) is 16.9. The lowest BCUT2D eigenvalue weighted by Gasteiger charge is -2.37. The van der Waals surface area contributed by atoms with Crippen LogP contribution in [0.1, 0.15) is 30.7 Å². The molecule has 1 spiro atoms. The number of halogens is 1. The van der Waals surface area contributed by atoms with Crippen molar-refractivity contribution in [2.75, 3.05) is 13.1 Å². The fourth-order valence-corrected chi connectivity index (χ4v) is 4.00. The predicted molar refractivity (Wildman–Crippen MR) is 87.5 cm³/mol. The Morgan fingerprint density at radius 3 is 2.62 bits per heavy atom. The quantitative estimate of drug-likeness (QED) is 0.798. The monoisotopic (exact) mass is 347 g/mol. The second-order valence-electron chi connectivity index (χ2n) is 6.82. The number of hydrogen-bond acceptors (Lipinski definition) is 3. The number of benzene rings is 1. The summed E-state index contributed by atoms with van der Waals surface area (Å²) in [6, 6.07) is 7.22. The van der Waals surface area contributed by atoms with Crippen molar-refractivity contribution in [1.29, 1.82) is 0 Å². The number of urea groups is 1. The van der Waals surface area contributed by atoms with Crippen LogP contribution in [0.2, 0.25) is 5.02 Å². The van der Waals surface area contributed by atoms with Crippen molar-refractivity contribution in [3.63, 3.8) is 0 Å². The van der Waals surface area contributed by atoms with Gasteiger partial charge in [-0.05, 0) is 42.9 Å². The van der Waals surface area contributed by atoms with Crippen molar-refractivity contribution >= 4 is 29.4 Å². The van der Waals surface area contributed by atoms with Gasteiger partial charge in [-0.25, -0.2) is 4.79 Å². The van der Waals surface area contributed by atoms with Crippen LogP contribution in [-0.2, 0) is 9.59 Å². The normalized spacial score (nSPS) is 27.8. The van der Waals surface area contributed by atoms with Gasteiger partial charge in [-0.2, -0.15) is 0 Å². The summed E-state index contributed by atoms with van der Waals surface area (Å²) in [7, 11) is 0. The summed E-state index contributed by atoms with van der Waals surface area (Å²) in [4.78, 5) is 37.8. The average Bonchev–Trinajstić information content (AvgIpc) is 3.30. The molecule has 2 aliphatic heterocycles. The van der Waals surface area contributed by atoms with Gasteiger partial charge in [-0.3, -0.25) is 14.9 Å². The summed E-state index contributed by atoms with van der Waals surface area (Å²) < 4.78 is 0. The van der Waals surface area contributed by atoms with Gasteiger partial charge in [-0.15, -0.1) is 0 Å². The molecule has 4 rings (SSSR count). The molecule has 7 heteroatoms. The van der Waals surface area contributed by atoms with Crippen LogP contribution in [-0.4, -0.2) is 41.4 Å². The molecule has 2 heterocycles.